The van der Waals surface area contributed by atoms with Crippen LogP contribution in [0.25, 0.3) is 0 Å². The van der Waals surface area contributed by atoms with E-state index in [4.69, 9.17) is 23.2 Å². The molecule has 1 aromatic carbocycles. The zero-order chi connectivity index (χ0) is 22.8. The van der Waals surface area contributed by atoms with Gasteiger partial charge in [0, 0.05) is 56.3 Å². The molecule has 2 saturated heterocycles. The Hall–Kier alpha value is -2.51. The highest BCUT2D eigenvalue weighted by atomic mass is 35.5. The summed E-state index contributed by atoms with van der Waals surface area (Å²) in [4.78, 5) is 34.7. The molecule has 2 aliphatic rings. The molecule has 0 aliphatic carbocycles. The molecule has 2 fully saturated rings. The van der Waals surface area contributed by atoms with Crippen LogP contribution in [0.5, 0.6) is 0 Å². The fourth-order valence-corrected chi connectivity index (χ4v) is 4.94. The maximum Gasteiger partial charge on any atom is 0.407 e. The van der Waals surface area contributed by atoms with E-state index in [0.717, 1.165) is 37.3 Å². The van der Waals surface area contributed by atoms with Crippen LogP contribution in [0.1, 0.15) is 24.3 Å². The van der Waals surface area contributed by atoms with Crippen molar-refractivity contribution in [3.05, 3.63) is 58.2 Å². The highest BCUT2D eigenvalue weighted by Gasteiger charge is 2.42. The van der Waals surface area contributed by atoms with Gasteiger partial charge in [0.15, 0.2) is 0 Å². The molecule has 3 heterocycles. The number of benzene rings is 1. The first-order valence-corrected chi connectivity index (χ1v) is 11.5. The molecule has 2 aliphatic heterocycles. The van der Waals surface area contributed by atoms with Crippen molar-refractivity contribution in [2.45, 2.75) is 24.8 Å². The van der Waals surface area contributed by atoms with Crippen molar-refractivity contribution in [1.82, 2.24) is 14.8 Å². The zero-order valence-corrected chi connectivity index (χ0v) is 19.3. The number of halogens is 2. The molecule has 4 rings (SSSR count). The number of carbonyl (C=O) groups is 2. The molecule has 0 unspecified atom stereocenters. The molecule has 0 radical (unpaired) electrons. The summed E-state index contributed by atoms with van der Waals surface area (Å²) in [7, 11) is 1.57. The van der Waals surface area contributed by atoms with Gasteiger partial charge in [0.1, 0.15) is 5.82 Å². The molecular weight excluding hydrogens is 451 g/mol. The van der Waals surface area contributed by atoms with E-state index < -0.39 is 6.09 Å². The number of hydrogen-bond acceptors (Lipinski definition) is 4. The first kappa shape index (κ1) is 22.7. The molecule has 0 spiro atoms. The summed E-state index contributed by atoms with van der Waals surface area (Å²) in [6.07, 6.45) is 2.12. The number of hydrogen-bond donors (Lipinski definition) is 1. The topological polar surface area (TPSA) is 77.0 Å². The lowest BCUT2D eigenvalue weighted by atomic mass is 9.93. The average Bonchev–Trinajstić information content (AvgIpc) is 3.24. The van der Waals surface area contributed by atoms with Gasteiger partial charge in [0.25, 0.3) is 0 Å². The van der Waals surface area contributed by atoms with Gasteiger partial charge >= 0.3 is 6.09 Å². The fourth-order valence-electron chi connectivity index (χ4n) is 4.71. The Balaban J connectivity index is 1.43. The normalized spacial score (nSPS) is 21.6. The quantitative estimate of drug-likeness (QED) is 0.714. The second kappa shape index (κ2) is 9.55. The summed E-state index contributed by atoms with van der Waals surface area (Å²) < 4.78 is 0. The van der Waals surface area contributed by atoms with E-state index in [1.807, 2.05) is 29.2 Å². The third kappa shape index (κ3) is 4.79. The number of carboxylic acid groups (broad SMARTS) is 1. The summed E-state index contributed by atoms with van der Waals surface area (Å²) in [6.45, 7) is 2.39. The SMILES string of the molecule is CN(C(=O)O)[C@@H]1CN(C(=O)C2CCN(c3ccc(Cl)cn3)CC2)C[C@H]1c1ccc(Cl)cc1. The van der Waals surface area contributed by atoms with Gasteiger partial charge in [-0.15, -0.1) is 0 Å². The Kier molecular flexibility index (Phi) is 6.76. The number of anilines is 1. The number of likely N-dealkylation sites (N-methyl/N-ethyl adjacent to an activating group) is 1. The van der Waals surface area contributed by atoms with Crippen LogP contribution in [-0.2, 0) is 4.79 Å². The monoisotopic (exact) mass is 476 g/mol. The van der Waals surface area contributed by atoms with Crippen molar-refractivity contribution in [2.24, 2.45) is 5.92 Å². The lowest BCUT2D eigenvalue weighted by Gasteiger charge is -2.34. The molecule has 1 N–H and O–H groups in total. The lowest BCUT2D eigenvalue weighted by Crippen LogP contribution is -2.44. The fraction of sp³-hybridized carbons (Fsp3) is 0.435. The number of rotatable bonds is 4. The maximum absolute atomic E-state index is 13.3. The minimum absolute atomic E-state index is 0.0710. The summed E-state index contributed by atoms with van der Waals surface area (Å²) in [5.74, 6) is 0.815. The third-order valence-electron chi connectivity index (χ3n) is 6.58. The third-order valence-corrected chi connectivity index (χ3v) is 7.05. The number of nitrogens with zero attached hydrogens (tertiary/aromatic N) is 4. The van der Waals surface area contributed by atoms with Gasteiger partial charge in [0.2, 0.25) is 5.91 Å². The number of aromatic nitrogens is 1. The molecule has 32 heavy (non-hydrogen) atoms. The van der Waals surface area contributed by atoms with Gasteiger partial charge < -0.3 is 19.8 Å². The van der Waals surface area contributed by atoms with Crippen LogP contribution in [0.15, 0.2) is 42.6 Å². The van der Waals surface area contributed by atoms with E-state index in [-0.39, 0.29) is 23.8 Å². The second-order valence-corrected chi connectivity index (χ2v) is 9.33. The van der Waals surface area contributed by atoms with Crippen molar-refractivity contribution in [3.8, 4) is 0 Å². The number of piperidine rings is 1. The first-order valence-electron chi connectivity index (χ1n) is 10.7. The molecule has 2 aromatic rings. The van der Waals surface area contributed by atoms with E-state index in [0.29, 0.717) is 23.1 Å². The molecule has 2 amide bonds. The van der Waals surface area contributed by atoms with Crippen LogP contribution >= 0.6 is 23.2 Å². The van der Waals surface area contributed by atoms with Crippen molar-refractivity contribution in [2.75, 3.05) is 38.1 Å². The average molecular weight is 477 g/mol. The van der Waals surface area contributed by atoms with Crippen molar-refractivity contribution in [3.63, 3.8) is 0 Å². The smallest absolute Gasteiger partial charge is 0.407 e. The Morgan fingerprint density at radius 2 is 1.69 bits per heavy atom. The van der Waals surface area contributed by atoms with Crippen LogP contribution in [-0.4, -0.2) is 71.2 Å². The van der Waals surface area contributed by atoms with Gasteiger partial charge in [-0.3, -0.25) is 4.79 Å². The van der Waals surface area contributed by atoms with Gasteiger partial charge in [-0.25, -0.2) is 9.78 Å². The number of pyridine rings is 1. The van der Waals surface area contributed by atoms with E-state index in [1.54, 1.807) is 25.4 Å². The second-order valence-electron chi connectivity index (χ2n) is 8.46. The predicted octanol–water partition coefficient (Wildman–Crippen LogP) is 4.21. The highest BCUT2D eigenvalue weighted by molar-refractivity contribution is 6.30. The number of amides is 2. The largest absolute Gasteiger partial charge is 0.465 e. The Labute approximate surface area is 197 Å². The zero-order valence-electron chi connectivity index (χ0n) is 17.8. The molecule has 0 saturated carbocycles. The van der Waals surface area contributed by atoms with Crippen LogP contribution in [0.3, 0.4) is 0 Å². The molecular formula is C23H26Cl2N4O3. The highest BCUT2D eigenvalue weighted by Crippen LogP contribution is 2.34. The minimum Gasteiger partial charge on any atom is -0.465 e. The lowest BCUT2D eigenvalue weighted by molar-refractivity contribution is -0.135. The molecule has 7 nitrogen and oxygen atoms in total. The first-order chi connectivity index (χ1) is 15.3. The number of carbonyl (C=O) groups excluding carboxylic acids is 1. The van der Waals surface area contributed by atoms with E-state index in [2.05, 4.69) is 9.88 Å². The summed E-state index contributed by atoms with van der Waals surface area (Å²) in [5.41, 5.74) is 0.992. The van der Waals surface area contributed by atoms with Gasteiger partial charge in [-0.05, 0) is 42.7 Å². The van der Waals surface area contributed by atoms with Gasteiger partial charge in [-0.2, -0.15) is 0 Å². The molecule has 1 aromatic heterocycles. The van der Waals surface area contributed by atoms with Crippen LogP contribution in [0, 0.1) is 5.92 Å². The summed E-state index contributed by atoms with van der Waals surface area (Å²) in [6, 6.07) is 10.9. The van der Waals surface area contributed by atoms with Crippen molar-refractivity contribution in [1.29, 1.82) is 0 Å². The molecule has 2 atom stereocenters. The minimum atomic E-state index is -0.993. The van der Waals surface area contributed by atoms with Crippen molar-refractivity contribution < 1.29 is 14.7 Å². The molecule has 9 heteroatoms. The van der Waals surface area contributed by atoms with Gasteiger partial charge in [-0.1, -0.05) is 35.3 Å². The Morgan fingerprint density at radius 1 is 1.03 bits per heavy atom. The Morgan fingerprint density at radius 3 is 2.28 bits per heavy atom. The number of likely N-dealkylation sites (tertiary alicyclic amines) is 1. The van der Waals surface area contributed by atoms with E-state index >= 15 is 0 Å². The summed E-state index contributed by atoms with van der Waals surface area (Å²) in [5, 5.41) is 10.8. The van der Waals surface area contributed by atoms with E-state index in [9.17, 15) is 14.7 Å². The van der Waals surface area contributed by atoms with Gasteiger partial charge in [0.05, 0.1) is 11.1 Å². The maximum atomic E-state index is 13.3. The molecule has 170 valence electrons. The van der Waals surface area contributed by atoms with Crippen molar-refractivity contribution >= 4 is 41.0 Å². The van der Waals surface area contributed by atoms with Crippen LogP contribution in [0.4, 0.5) is 10.6 Å². The van der Waals surface area contributed by atoms with E-state index in [1.165, 1.54) is 4.90 Å². The summed E-state index contributed by atoms with van der Waals surface area (Å²) >= 11 is 12.0. The molecule has 0 bridgehead atoms. The van der Waals surface area contributed by atoms with Crippen LogP contribution in [0.2, 0.25) is 10.0 Å². The standard InChI is InChI=1S/C23H26Cl2N4O3/c1-27(23(31)32)20-14-29(13-19(20)15-2-4-17(24)5-3-15)22(30)16-8-10-28(11-9-16)21-7-6-18(25)12-26-21/h2-7,12,16,19-20H,8-11,13-14H2,1H3,(H,31,32)/t19-,20+/m0/s1. The predicted molar refractivity (Wildman–Crippen MR) is 125 cm³/mol. The Bertz CT molecular complexity index is 962. The van der Waals surface area contributed by atoms with Crippen LogP contribution < -0.4 is 4.90 Å².